The predicted molar refractivity (Wildman–Crippen MR) is 80.3 cm³/mol. The fourth-order valence-electron chi connectivity index (χ4n) is 2.76. The Morgan fingerprint density at radius 2 is 2.06 bits per heavy atom. The van der Waals surface area contributed by atoms with Crippen LogP contribution < -0.4 is 10.6 Å². The van der Waals surface area contributed by atoms with Gasteiger partial charge in [-0.3, -0.25) is 10.1 Å². The molecule has 2 N–H and O–H groups in total. The van der Waals surface area contributed by atoms with Crippen LogP contribution in [0, 0.1) is 5.92 Å². The maximum atomic E-state index is 11.7. The number of nitrogens with one attached hydrogen (secondary N) is 2. The lowest BCUT2D eigenvalue weighted by Gasteiger charge is -2.11. The Kier molecular flexibility index (Phi) is 8.11. The lowest BCUT2D eigenvalue weighted by Crippen LogP contribution is -2.42. The van der Waals surface area contributed by atoms with Crippen LogP contribution in [0.15, 0.2) is 0 Å². The number of carbonyl (C=O) groups excluding carboxylic acids is 1. The molecule has 3 nitrogen and oxygen atoms in total. The van der Waals surface area contributed by atoms with Crippen LogP contribution in [0.4, 0.5) is 0 Å². The highest BCUT2D eigenvalue weighted by atomic mass is 35.5. The third-order valence-electron chi connectivity index (χ3n) is 3.85. The van der Waals surface area contributed by atoms with Crippen molar-refractivity contribution < 1.29 is 4.79 Å². The highest BCUT2D eigenvalue weighted by Gasteiger charge is 2.21. The van der Waals surface area contributed by atoms with Gasteiger partial charge in [0.1, 0.15) is 0 Å². The number of carbonyl (C=O) groups is 1. The molecule has 1 heterocycles. The van der Waals surface area contributed by atoms with Crippen LogP contribution in [0.5, 0.6) is 0 Å². The standard InChI is InChI=1S/C13H24N2OS.ClH/c16-13(12-9-17-10-15-12)14-8-4-3-7-11-5-1-2-6-11;/h11-12,15H,1-10H2,(H,14,16);1H. The van der Waals surface area contributed by atoms with Gasteiger partial charge in [0.15, 0.2) is 0 Å². The molecule has 1 saturated carbocycles. The summed E-state index contributed by atoms with van der Waals surface area (Å²) < 4.78 is 0. The second-order valence-electron chi connectivity index (χ2n) is 5.21. The van der Waals surface area contributed by atoms with Gasteiger partial charge in [-0.1, -0.05) is 38.5 Å². The minimum Gasteiger partial charge on any atom is -0.355 e. The highest BCUT2D eigenvalue weighted by molar-refractivity contribution is 7.99. The second-order valence-corrected chi connectivity index (χ2v) is 6.24. The highest BCUT2D eigenvalue weighted by Crippen LogP contribution is 2.28. The van der Waals surface area contributed by atoms with Crippen molar-refractivity contribution in [2.45, 2.75) is 51.0 Å². The molecule has 106 valence electrons. The zero-order valence-electron chi connectivity index (χ0n) is 11.0. The molecule has 0 aromatic heterocycles. The van der Waals surface area contributed by atoms with Crippen molar-refractivity contribution in [2.75, 3.05) is 18.2 Å². The van der Waals surface area contributed by atoms with Gasteiger partial charge in [-0.25, -0.2) is 0 Å². The van der Waals surface area contributed by atoms with Gasteiger partial charge in [0.05, 0.1) is 6.04 Å². The van der Waals surface area contributed by atoms with Crippen molar-refractivity contribution in [3.63, 3.8) is 0 Å². The molecule has 0 aromatic rings. The van der Waals surface area contributed by atoms with E-state index < -0.39 is 0 Å². The lowest BCUT2D eigenvalue weighted by molar-refractivity contribution is -0.122. The van der Waals surface area contributed by atoms with E-state index in [1.54, 1.807) is 11.8 Å². The van der Waals surface area contributed by atoms with E-state index in [2.05, 4.69) is 10.6 Å². The first kappa shape index (κ1) is 16.1. The SMILES string of the molecule is Cl.O=C(NCCCCC1CCCC1)C1CSCN1. The average Bonchev–Trinajstić information content (AvgIpc) is 3.01. The van der Waals surface area contributed by atoms with Crippen molar-refractivity contribution >= 4 is 30.1 Å². The Morgan fingerprint density at radius 3 is 2.72 bits per heavy atom. The fourth-order valence-corrected chi connectivity index (χ4v) is 3.70. The molecule has 18 heavy (non-hydrogen) atoms. The van der Waals surface area contributed by atoms with Gasteiger partial charge in [0, 0.05) is 18.2 Å². The van der Waals surface area contributed by atoms with E-state index in [-0.39, 0.29) is 24.4 Å². The predicted octanol–water partition coefficient (Wildman–Crippen LogP) is 2.55. The number of hydrogen-bond donors (Lipinski definition) is 2. The molecule has 0 aromatic carbocycles. The van der Waals surface area contributed by atoms with Gasteiger partial charge in [-0.2, -0.15) is 0 Å². The van der Waals surface area contributed by atoms with Crippen LogP contribution in [-0.2, 0) is 4.79 Å². The van der Waals surface area contributed by atoms with Crippen LogP contribution in [0.3, 0.4) is 0 Å². The normalized spacial score (nSPS) is 23.9. The summed E-state index contributed by atoms with van der Waals surface area (Å²) in [4.78, 5) is 11.7. The number of unbranched alkanes of at least 4 members (excludes halogenated alkanes) is 1. The quantitative estimate of drug-likeness (QED) is 0.739. The average molecular weight is 293 g/mol. The van der Waals surface area contributed by atoms with E-state index in [9.17, 15) is 4.79 Å². The van der Waals surface area contributed by atoms with Crippen molar-refractivity contribution in [1.82, 2.24) is 10.6 Å². The number of halogens is 1. The van der Waals surface area contributed by atoms with Crippen LogP contribution in [0.1, 0.15) is 44.9 Å². The number of rotatable bonds is 6. The second kappa shape index (κ2) is 9.05. The summed E-state index contributed by atoms with van der Waals surface area (Å²) in [5.41, 5.74) is 0. The van der Waals surface area contributed by atoms with Crippen LogP contribution in [0.2, 0.25) is 0 Å². The molecular formula is C13H25ClN2OS. The zero-order valence-corrected chi connectivity index (χ0v) is 12.6. The third-order valence-corrected chi connectivity index (χ3v) is 4.79. The molecule has 1 unspecified atom stereocenters. The van der Waals surface area contributed by atoms with Gasteiger partial charge in [0.2, 0.25) is 5.91 Å². The molecule has 1 aliphatic carbocycles. The first-order valence-corrected chi connectivity index (χ1v) is 8.10. The van der Waals surface area contributed by atoms with Gasteiger partial charge >= 0.3 is 0 Å². The molecule has 0 spiro atoms. The lowest BCUT2D eigenvalue weighted by atomic mass is 10.0. The van der Waals surface area contributed by atoms with E-state index in [0.717, 1.165) is 30.5 Å². The van der Waals surface area contributed by atoms with Crippen LogP contribution >= 0.6 is 24.2 Å². The molecule has 1 amide bonds. The number of hydrogen-bond acceptors (Lipinski definition) is 3. The monoisotopic (exact) mass is 292 g/mol. The Balaban J connectivity index is 0.00000162. The molecule has 0 radical (unpaired) electrons. The molecule has 5 heteroatoms. The van der Waals surface area contributed by atoms with Crippen molar-refractivity contribution in [1.29, 1.82) is 0 Å². The molecule has 1 aliphatic heterocycles. The first-order valence-electron chi connectivity index (χ1n) is 6.95. The summed E-state index contributed by atoms with van der Waals surface area (Å²) >= 11 is 1.80. The summed E-state index contributed by atoms with van der Waals surface area (Å²) in [6.45, 7) is 0.856. The zero-order chi connectivity index (χ0) is 11.9. The van der Waals surface area contributed by atoms with Crippen LogP contribution in [-0.4, -0.2) is 30.1 Å². The van der Waals surface area contributed by atoms with E-state index in [1.165, 1.54) is 38.5 Å². The summed E-state index contributed by atoms with van der Waals surface area (Å²) in [6.07, 6.45) is 9.54. The van der Waals surface area contributed by atoms with E-state index in [1.807, 2.05) is 0 Å². The fraction of sp³-hybridized carbons (Fsp3) is 0.923. The Labute approximate surface area is 121 Å². The van der Waals surface area contributed by atoms with E-state index in [0.29, 0.717) is 0 Å². The van der Waals surface area contributed by atoms with Crippen molar-refractivity contribution in [3.05, 3.63) is 0 Å². The number of thioether (sulfide) groups is 1. The largest absolute Gasteiger partial charge is 0.355 e. The van der Waals surface area contributed by atoms with Gasteiger partial charge < -0.3 is 5.32 Å². The maximum absolute atomic E-state index is 11.7. The topological polar surface area (TPSA) is 41.1 Å². The smallest absolute Gasteiger partial charge is 0.238 e. The first-order chi connectivity index (χ1) is 8.36. The summed E-state index contributed by atoms with van der Waals surface area (Å²) in [7, 11) is 0. The Morgan fingerprint density at radius 1 is 1.28 bits per heavy atom. The molecule has 1 atom stereocenters. The minimum absolute atomic E-state index is 0. The number of amides is 1. The molecular weight excluding hydrogens is 268 g/mol. The van der Waals surface area contributed by atoms with Gasteiger partial charge in [-0.15, -0.1) is 24.2 Å². The van der Waals surface area contributed by atoms with E-state index in [4.69, 9.17) is 0 Å². The van der Waals surface area contributed by atoms with Gasteiger partial charge in [0.25, 0.3) is 0 Å². The van der Waals surface area contributed by atoms with Crippen molar-refractivity contribution in [3.8, 4) is 0 Å². The Hall–Kier alpha value is 0.0700. The molecule has 1 saturated heterocycles. The summed E-state index contributed by atoms with van der Waals surface area (Å²) in [6, 6.07) is 0.0508. The van der Waals surface area contributed by atoms with E-state index >= 15 is 0 Å². The molecule has 2 rings (SSSR count). The third kappa shape index (κ3) is 5.37. The van der Waals surface area contributed by atoms with Crippen LogP contribution in [0.25, 0.3) is 0 Å². The summed E-state index contributed by atoms with van der Waals surface area (Å²) in [5.74, 6) is 3.02. The molecule has 0 bridgehead atoms. The Bertz CT molecular complexity index is 241. The van der Waals surface area contributed by atoms with Crippen molar-refractivity contribution in [2.24, 2.45) is 5.92 Å². The summed E-state index contributed by atoms with van der Waals surface area (Å²) in [5, 5.41) is 6.23. The molecule has 2 aliphatic rings. The minimum atomic E-state index is 0. The van der Waals surface area contributed by atoms with Gasteiger partial charge in [-0.05, 0) is 12.3 Å². The molecule has 2 fully saturated rings. The maximum Gasteiger partial charge on any atom is 0.238 e.